The van der Waals surface area contributed by atoms with Crippen molar-refractivity contribution in [3.63, 3.8) is 0 Å². The molecule has 0 bridgehead atoms. The van der Waals surface area contributed by atoms with Gasteiger partial charge in [-0.2, -0.15) is 0 Å². The van der Waals surface area contributed by atoms with Crippen LogP contribution in [0.3, 0.4) is 0 Å². The van der Waals surface area contributed by atoms with Crippen molar-refractivity contribution in [2.24, 2.45) is 0 Å². The van der Waals surface area contributed by atoms with Gasteiger partial charge in [-0.1, -0.05) is 260 Å². The highest BCUT2D eigenvalue weighted by Crippen LogP contribution is 2.52. The number of hydrogen-bond acceptors (Lipinski definition) is 6. The lowest BCUT2D eigenvalue weighted by molar-refractivity contribution is 0.487. The molecule has 0 N–H and O–H groups in total. The largest absolute Gasteiger partial charge is 0.458 e. The minimum absolute atomic E-state index is 0.137. The molecule has 5 nitrogen and oxygen atoms in total. The van der Waals surface area contributed by atoms with E-state index in [9.17, 15) is 0 Å². The summed E-state index contributed by atoms with van der Waals surface area (Å²) in [5, 5.41) is 0. The Morgan fingerprint density at radius 3 is 1.29 bits per heavy atom. The highest BCUT2D eigenvalue weighted by Gasteiger charge is 2.47. The molecular formula is C84H56B2N4OS. The highest BCUT2D eigenvalue weighted by atomic mass is 32.2. The van der Waals surface area contributed by atoms with Crippen molar-refractivity contribution in [1.29, 1.82) is 0 Å². The fourth-order valence-corrected chi connectivity index (χ4v) is 16.0. The summed E-state index contributed by atoms with van der Waals surface area (Å²) in [6, 6.07) is 124. The number of ether oxygens (including phenoxy) is 1. The Bertz CT molecular complexity index is 5120. The van der Waals surface area contributed by atoms with Gasteiger partial charge in [0.05, 0.1) is 22.7 Å². The Kier molecular flexibility index (Phi) is 13.0. The Morgan fingerprint density at radius 2 is 0.696 bits per heavy atom. The molecule has 18 rings (SSSR count). The van der Waals surface area contributed by atoms with Crippen molar-refractivity contribution < 1.29 is 4.74 Å². The minimum Gasteiger partial charge on any atom is -0.458 e. The topological polar surface area (TPSA) is 22.2 Å². The quantitative estimate of drug-likeness (QED) is 0.120. The van der Waals surface area contributed by atoms with Gasteiger partial charge >= 0.3 is 0 Å². The predicted octanol–water partition coefficient (Wildman–Crippen LogP) is 18.8. The average Bonchev–Trinajstić information content (AvgIpc) is 0.696. The second-order valence-corrected chi connectivity index (χ2v) is 25.0. The number of rotatable bonds is 11. The van der Waals surface area contributed by atoms with Gasteiger partial charge in [-0.3, -0.25) is 0 Å². The first kappa shape index (κ1) is 53.6. The molecule has 0 amide bonds. The van der Waals surface area contributed by atoms with Gasteiger partial charge in [0.2, 0.25) is 6.71 Å². The Hall–Kier alpha value is -11.4. The second-order valence-electron chi connectivity index (χ2n) is 23.9. The zero-order valence-corrected chi connectivity index (χ0v) is 50.9. The number of nitrogens with zero attached hydrogens (tertiary/aromatic N) is 4. The average molecular weight is 1190 g/mol. The fourth-order valence-electron chi connectivity index (χ4n) is 14.8. The van der Waals surface area contributed by atoms with Crippen LogP contribution >= 0.6 is 11.8 Å². The molecule has 4 heterocycles. The SMILES string of the molecule is c1ccc(-c2ccccc2N(c2ccccc2)c2cc3c4c(c2)N(c2ccccc2-c2ccccc2)c2ccccc2B4c2cc4c(cc2S3)N(c2ccccc2-c2ccccc2)c2cc(N(c3ccccc3)c3ccccc3)cc3c2B4c2ccccc2O3)cc1. The van der Waals surface area contributed by atoms with Crippen molar-refractivity contribution in [3.8, 4) is 44.9 Å². The molecule has 0 fully saturated rings. The van der Waals surface area contributed by atoms with Gasteiger partial charge in [-0.15, -0.1) is 0 Å². The number of hydrogen-bond donors (Lipinski definition) is 0. The van der Waals surface area contributed by atoms with Gasteiger partial charge in [0.25, 0.3) is 6.71 Å². The predicted molar refractivity (Wildman–Crippen MR) is 388 cm³/mol. The molecule has 4 aliphatic rings. The van der Waals surface area contributed by atoms with Crippen LogP contribution in [0.15, 0.2) is 350 Å². The van der Waals surface area contributed by atoms with Crippen molar-refractivity contribution in [1.82, 2.24) is 0 Å². The third-order valence-corrected chi connectivity index (χ3v) is 19.8. The van der Waals surface area contributed by atoms with Gasteiger partial charge in [0, 0.05) is 78.0 Å². The monoisotopic (exact) mass is 1190 g/mol. The summed E-state index contributed by atoms with van der Waals surface area (Å²) in [6.45, 7) is -0.311. The number of para-hydroxylation sites is 8. The lowest BCUT2D eigenvalue weighted by atomic mass is 9.31. The van der Waals surface area contributed by atoms with Crippen LogP contribution in [0.5, 0.6) is 11.5 Å². The summed E-state index contributed by atoms with van der Waals surface area (Å²) in [6.07, 6.45) is 0. The van der Waals surface area contributed by atoms with Crippen molar-refractivity contribution >= 4 is 126 Å². The van der Waals surface area contributed by atoms with E-state index in [1.54, 1.807) is 0 Å². The number of fused-ring (bicyclic) bond motifs is 8. The first-order chi connectivity index (χ1) is 45.7. The molecule has 0 radical (unpaired) electrons. The normalized spacial score (nSPS) is 12.7. The second kappa shape index (κ2) is 22.2. The maximum absolute atomic E-state index is 7.33. The van der Waals surface area contributed by atoms with Crippen LogP contribution in [0.25, 0.3) is 33.4 Å². The first-order valence-corrected chi connectivity index (χ1v) is 32.4. The molecule has 0 aromatic heterocycles. The maximum atomic E-state index is 7.33. The molecule has 92 heavy (non-hydrogen) atoms. The van der Waals surface area contributed by atoms with Gasteiger partial charge in [-0.05, 0) is 135 Å². The molecule has 430 valence electrons. The maximum Gasteiger partial charge on any atom is 0.256 e. The molecule has 14 aromatic carbocycles. The Labute approximate surface area is 541 Å². The van der Waals surface area contributed by atoms with Gasteiger partial charge in [0.1, 0.15) is 11.5 Å². The molecule has 0 atom stereocenters. The van der Waals surface area contributed by atoms with Crippen molar-refractivity contribution in [3.05, 3.63) is 340 Å². The summed E-state index contributed by atoms with van der Waals surface area (Å²) in [5.41, 5.74) is 27.3. The molecular weight excluding hydrogens is 1130 g/mol. The van der Waals surface area contributed by atoms with Crippen molar-refractivity contribution in [2.45, 2.75) is 9.79 Å². The lowest BCUT2D eigenvalue weighted by Gasteiger charge is -2.44. The molecule has 14 aromatic rings. The summed E-state index contributed by atoms with van der Waals surface area (Å²) < 4.78 is 7.33. The summed E-state index contributed by atoms with van der Waals surface area (Å²) in [5.74, 6) is 1.70. The van der Waals surface area contributed by atoms with Crippen LogP contribution in [-0.2, 0) is 0 Å². The Morgan fingerprint density at radius 1 is 0.261 bits per heavy atom. The third-order valence-electron chi connectivity index (χ3n) is 18.7. The molecule has 0 saturated carbocycles. The summed E-state index contributed by atoms with van der Waals surface area (Å²) in [4.78, 5) is 12.4. The molecule has 8 heteroatoms. The summed E-state index contributed by atoms with van der Waals surface area (Å²) >= 11 is 1.90. The third kappa shape index (κ3) is 8.81. The lowest BCUT2D eigenvalue weighted by Crippen LogP contribution is -2.63. The van der Waals surface area contributed by atoms with E-state index in [0.29, 0.717) is 0 Å². The zero-order valence-electron chi connectivity index (χ0n) is 50.1. The zero-order chi connectivity index (χ0) is 60.6. The number of anilines is 12. The smallest absolute Gasteiger partial charge is 0.256 e. The van der Waals surface area contributed by atoms with Gasteiger partial charge < -0.3 is 24.3 Å². The van der Waals surface area contributed by atoms with Crippen LogP contribution < -0.4 is 57.1 Å². The van der Waals surface area contributed by atoms with E-state index in [-0.39, 0.29) is 13.4 Å². The van der Waals surface area contributed by atoms with E-state index in [0.717, 1.165) is 124 Å². The van der Waals surface area contributed by atoms with E-state index < -0.39 is 0 Å². The standard InChI is InChI=1S/C84H56B2N4OS/c1-7-29-57(30-8-1)65-41-19-24-46-72(65)88(62-39-17-6-18-40-62)64-52-78-84-82(54-64)92-81-56-76-70(55-71(81)85(84)68-44-22-27-49-75(68)89(78)73-47-25-20-42-66(73)58-31-9-2-10-32-58)86-69-45-23-28-50-79(69)91-80-53-63(87(60-35-13-4-14-36-60)61-37-15-5-16-38-61)51-77(83(80)86)90(76)74-48-26-21-43-67(74)59-33-11-3-12-34-59/h1-56H. The molecule has 0 spiro atoms. The van der Waals surface area contributed by atoms with Gasteiger partial charge in [-0.25, -0.2) is 0 Å². The van der Waals surface area contributed by atoms with Crippen molar-refractivity contribution in [2.75, 3.05) is 19.6 Å². The fraction of sp³-hybridized carbons (Fsp3) is 0. The minimum atomic E-state index is -0.174. The van der Waals surface area contributed by atoms with E-state index >= 15 is 0 Å². The molecule has 4 aliphatic heterocycles. The van der Waals surface area contributed by atoms with E-state index in [1.165, 1.54) is 31.6 Å². The molecule has 0 saturated heterocycles. The van der Waals surface area contributed by atoms with Crippen LogP contribution in [0.4, 0.5) is 68.2 Å². The van der Waals surface area contributed by atoms with Crippen LogP contribution in [-0.4, -0.2) is 13.4 Å². The van der Waals surface area contributed by atoms with Crippen LogP contribution in [0.1, 0.15) is 0 Å². The molecule has 0 unspecified atom stereocenters. The Balaban J connectivity index is 0.923. The van der Waals surface area contributed by atoms with Crippen LogP contribution in [0.2, 0.25) is 0 Å². The molecule has 0 aliphatic carbocycles. The first-order valence-electron chi connectivity index (χ1n) is 31.5. The van der Waals surface area contributed by atoms with E-state index in [4.69, 9.17) is 4.74 Å². The van der Waals surface area contributed by atoms with Crippen LogP contribution in [0, 0.1) is 0 Å². The summed E-state index contributed by atoms with van der Waals surface area (Å²) in [7, 11) is 0. The van der Waals surface area contributed by atoms with E-state index in [1.807, 2.05) is 11.8 Å². The van der Waals surface area contributed by atoms with Gasteiger partial charge in [0.15, 0.2) is 0 Å². The highest BCUT2D eigenvalue weighted by molar-refractivity contribution is 8.00. The van der Waals surface area contributed by atoms with E-state index in [2.05, 4.69) is 359 Å². The number of benzene rings is 14.